The molecule has 2 amide bonds. The van der Waals surface area contributed by atoms with Gasteiger partial charge in [-0.25, -0.2) is 0 Å². The van der Waals surface area contributed by atoms with Gasteiger partial charge in [0.05, 0.1) is 23.6 Å². The molecule has 46 heavy (non-hydrogen) atoms. The van der Waals surface area contributed by atoms with Gasteiger partial charge in [0.15, 0.2) is 11.2 Å². The molecule has 0 aliphatic carbocycles. The van der Waals surface area contributed by atoms with Crippen molar-refractivity contribution in [2.75, 3.05) is 13.7 Å². The number of ether oxygens (including phenoxy) is 1. The Morgan fingerprint density at radius 1 is 0.957 bits per heavy atom. The fourth-order valence-electron chi connectivity index (χ4n) is 5.41. The first-order valence-electron chi connectivity index (χ1n) is 13.9. The first-order valence-corrected chi connectivity index (χ1v) is 14.3. The number of fused-ring (bicyclic) bond motifs is 1. The van der Waals surface area contributed by atoms with Crippen LogP contribution in [-0.2, 0) is 18.8 Å². The summed E-state index contributed by atoms with van der Waals surface area (Å²) in [6, 6.07) is 11.6. The van der Waals surface area contributed by atoms with Gasteiger partial charge in [-0.3, -0.25) is 14.4 Å². The molecule has 1 aliphatic heterocycles. The zero-order valence-electron chi connectivity index (χ0n) is 24.0. The zero-order valence-corrected chi connectivity index (χ0v) is 24.7. The van der Waals surface area contributed by atoms with Crippen LogP contribution in [0.1, 0.15) is 50.4 Å². The van der Waals surface area contributed by atoms with Gasteiger partial charge in [0.25, 0.3) is 11.8 Å². The van der Waals surface area contributed by atoms with Crippen LogP contribution in [0.5, 0.6) is 5.75 Å². The van der Waals surface area contributed by atoms with E-state index >= 15 is 0 Å². The molecule has 1 aromatic heterocycles. The minimum atomic E-state index is -5.13. The number of halogens is 7. The molecular weight excluding hydrogens is 642 g/mol. The highest BCUT2D eigenvalue weighted by atomic mass is 35.5. The number of amides is 2. The molecule has 0 spiro atoms. The van der Waals surface area contributed by atoms with E-state index in [2.05, 4.69) is 5.32 Å². The molecule has 0 saturated carbocycles. The highest BCUT2D eigenvalue weighted by molar-refractivity contribution is 6.30. The van der Waals surface area contributed by atoms with E-state index in [1.165, 1.54) is 24.1 Å². The van der Waals surface area contributed by atoms with Gasteiger partial charge in [-0.2, -0.15) is 26.3 Å². The highest BCUT2D eigenvalue weighted by Crippen LogP contribution is 2.37. The van der Waals surface area contributed by atoms with Crippen molar-refractivity contribution in [3.05, 3.63) is 110 Å². The molecule has 242 valence electrons. The number of nitrogens with zero attached hydrogens (tertiary/aromatic N) is 1. The molecule has 5 rings (SSSR count). The van der Waals surface area contributed by atoms with E-state index < -0.39 is 58.4 Å². The molecule has 1 aliphatic rings. The summed E-state index contributed by atoms with van der Waals surface area (Å²) in [5, 5.41) is 3.44. The van der Waals surface area contributed by atoms with Crippen molar-refractivity contribution in [2.24, 2.45) is 0 Å². The first kappa shape index (κ1) is 32.9. The van der Waals surface area contributed by atoms with E-state index in [1.54, 1.807) is 30.3 Å². The molecule has 0 radical (unpaired) electrons. The summed E-state index contributed by atoms with van der Waals surface area (Å²) < 4.78 is 92.0. The lowest BCUT2D eigenvalue weighted by atomic mass is 9.91. The van der Waals surface area contributed by atoms with Crippen molar-refractivity contribution in [2.45, 2.75) is 43.7 Å². The molecule has 14 heteroatoms. The van der Waals surface area contributed by atoms with Gasteiger partial charge in [0, 0.05) is 41.3 Å². The first-order chi connectivity index (χ1) is 21.6. The maximum Gasteiger partial charge on any atom is 0.416 e. The number of methoxy groups -OCH3 is 1. The Morgan fingerprint density at radius 2 is 1.61 bits per heavy atom. The van der Waals surface area contributed by atoms with E-state index in [0.29, 0.717) is 28.5 Å². The number of likely N-dealkylation sites (tertiary alicyclic amines) is 1. The van der Waals surface area contributed by atoms with Crippen LogP contribution in [0.4, 0.5) is 26.3 Å². The molecule has 1 saturated heterocycles. The quantitative estimate of drug-likeness (QED) is 0.221. The van der Waals surface area contributed by atoms with Crippen LogP contribution in [0.2, 0.25) is 5.02 Å². The van der Waals surface area contributed by atoms with Crippen LogP contribution in [-0.4, -0.2) is 42.5 Å². The summed E-state index contributed by atoms with van der Waals surface area (Å²) in [7, 11) is 1.43. The van der Waals surface area contributed by atoms with E-state index in [1.807, 2.05) is 0 Å². The number of piperidine rings is 1. The monoisotopic (exact) mass is 666 g/mol. The van der Waals surface area contributed by atoms with Crippen molar-refractivity contribution in [1.29, 1.82) is 0 Å². The number of benzene rings is 3. The molecule has 2 heterocycles. The van der Waals surface area contributed by atoms with Gasteiger partial charge >= 0.3 is 12.4 Å². The molecule has 0 unspecified atom stereocenters. The number of hydrogen-bond donors (Lipinski definition) is 1. The maximum atomic E-state index is 13.6. The third-order valence-electron chi connectivity index (χ3n) is 7.69. The average molecular weight is 667 g/mol. The van der Waals surface area contributed by atoms with Gasteiger partial charge in [0.1, 0.15) is 11.3 Å². The number of carbonyl (C=O) groups is 2. The smallest absolute Gasteiger partial charge is 0.416 e. The van der Waals surface area contributed by atoms with Crippen LogP contribution in [0.3, 0.4) is 0 Å². The Morgan fingerprint density at radius 3 is 2.22 bits per heavy atom. The van der Waals surface area contributed by atoms with E-state index in [9.17, 15) is 40.7 Å². The lowest BCUT2D eigenvalue weighted by Crippen LogP contribution is -2.52. The predicted molar refractivity (Wildman–Crippen MR) is 156 cm³/mol. The van der Waals surface area contributed by atoms with Crippen molar-refractivity contribution in [1.82, 2.24) is 10.2 Å². The Kier molecular flexibility index (Phi) is 9.07. The summed E-state index contributed by atoms with van der Waals surface area (Å²) in [6.45, 7) is -0.0987. The van der Waals surface area contributed by atoms with Crippen LogP contribution in [0.25, 0.3) is 11.0 Å². The Bertz CT molecular complexity index is 1810. The van der Waals surface area contributed by atoms with Crippen molar-refractivity contribution in [3.63, 3.8) is 0 Å². The summed E-state index contributed by atoms with van der Waals surface area (Å²) in [5.41, 5.74) is -3.62. The third-order valence-corrected chi connectivity index (χ3v) is 7.94. The van der Waals surface area contributed by atoms with Gasteiger partial charge < -0.3 is 19.4 Å². The lowest BCUT2D eigenvalue weighted by Gasteiger charge is -2.40. The second-order valence-corrected chi connectivity index (χ2v) is 11.2. The van der Waals surface area contributed by atoms with Crippen molar-refractivity contribution < 1.29 is 45.1 Å². The molecule has 0 bridgehead atoms. The molecule has 7 nitrogen and oxygen atoms in total. The second kappa shape index (κ2) is 12.7. The molecule has 3 aromatic carbocycles. The van der Waals surface area contributed by atoms with E-state index in [-0.39, 0.29) is 48.6 Å². The van der Waals surface area contributed by atoms with Gasteiger partial charge in [-0.1, -0.05) is 23.7 Å². The predicted octanol–water partition coefficient (Wildman–Crippen LogP) is 7.14. The van der Waals surface area contributed by atoms with Crippen LogP contribution in [0, 0.1) is 0 Å². The molecule has 1 N–H and O–H groups in total. The molecular formula is C32H25ClF6N2O5. The summed E-state index contributed by atoms with van der Waals surface area (Å²) in [4.78, 5) is 40.6. The minimum Gasteiger partial charge on any atom is -0.497 e. The number of rotatable bonds is 6. The largest absolute Gasteiger partial charge is 0.497 e. The summed E-state index contributed by atoms with van der Waals surface area (Å²) in [6.07, 6.45) is -9.88. The summed E-state index contributed by atoms with van der Waals surface area (Å²) in [5.74, 6) is -1.61. The Labute approximate surface area is 262 Å². The normalized spacial score (nSPS) is 17.2. The SMILES string of the molecule is COc1ccc2c(=O)cc(C(=O)N[C@H]3CCN(C(=O)c4cc(C(F)(F)F)cc(C(F)(F)F)c4)[C@H](Cc4ccc(Cl)cc4)C3)oc2c1. The average Bonchev–Trinajstić information content (AvgIpc) is 3.00. The molecule has 1 fully saturated rings. The maximum absolute atomic E-state index is 13.6. The van der Waals surface area contributed by atoms with E-state index in [4.69, 9.17) is 20.8 Å². The van der Waals surface area contributed by atoms with Crippen LogP contribution < -0.4 is 15.5 Å². The fourth-order valence-corrected chi connectivity index (χ4v) is 5.54. The lowest BCUT2D eigenvalue weighted by molar-refractivity contribution is -0.143. The number of hydrogen-bond acceptors (Lipinski definition) is 5. The van der Waals surface area contributed by atoms with Gasteiger partial charge in [0.2, 0.25) is 0 Å². The van der Waals surface area contributed by atoms with Crippen molar-refractivity contribution >= 4 is 34.4 Å². The summed E-state index contributed by atoms with van der Waals surface area (Å²) >= 11 is 5.99. The number of nitrogens with one attached hydrogen (secondary N) is 1. The van der Waals surface area contributed by atoms with Gasteiger partial charge in [-0.05, 0) is 67.3 Å². The van der Waals surface area contributed by atoms with Crippen LogP contribution in [0.15, 0.2) is 75.9 Å². The van der Waals surface area contributed by atoms with Crippen molar-refractivity contribution in [3.8, 4) is 5.75 Å². The van der Waals surface area contributed by atoms with Gasteiger partial charge in [-0.15, -0.1) is 0 Å². The fraction of sp³-hybridized carbons (Fsp3) is 0.281. The molecule has 2 atom stereocenters. The minimum absolute atomic E-state index is 0.0367. The highest BCUT2D eigenvalue weighted by Gasteiger charge is 2.39. The second-order valence-electron chi connectivity index (χ2n) is 10.8. The number of alkyl halides is 6. The molecule has 4 aromatic rings. The zero-order chi connectivity index (χ0) is 33.4. The topological polar surface area (TPSA) is 88.9 Å². The van der Waals surface area contributed by atoms with Crippen LogP contribution >= 0.6 is 11.6 Å². The van der Waals surface area contributed by atoms with E-state index in [0.717, 1.165) is 6.07 Å². The standard InChI is InChI=1S/C32H25ClF6N2O5/c1-45-24-6-7-25-26(42)16-28(46-27(25)15-24)29(43)40-22-8-9-41(23(14-22)10-17-2-4-21(33)5-3-17)30(44)18-11-19(31(34,35)36)13-20(12-18)32(37,38)39/h2-7,11-13,15-16,22-23H,8-10,14H2,1H3,(H,40,43)/t22-,23+/m0/s1. The number of carbonyl (C=O) groups excluding carboxylic acids is 2. The third kappa shape index (κ3) is 7.30. The Balaban J connectivity index is 1.43. The Hall–Kier alpha value is -4.52.